The average Bonchev–Trinajstić information content (AvgIpc) is 3.26. The predicted octanol–water partition coefficient (Wildman–Crippen LogP) is 3.09. The lowest BCUT2D eigenvalue weighted by atomic mass is 9.94. The SMILES string of the molecule is O=c1nc(OCC2CCCO2)cc2n1CCc1cc(-c3cccnc3)ccc1-2. The Labute approximate surface area is 162 Å². The van der Waals surface area contributed by atoms with Crippen LogP contribution in [-0.2, 0) is 17.7 Å². The van der Waals surface area contributed by atoms with E-state index in [1.54, 1.807) is 10.8 Å². The Balaban J connectivity index is 1.48. The maximum Gasteiger partial charge on any atom is 0.351 e. The average molecular weight is 375 g/mol. The second kappa shape index (κ2) is 7.20. The fourth-order valence-corrected chi connectivity index (χ4v) is 3.95. The van der Waals surface area contributed by atoms with Crippen LogP contribution in [0.1, 0.15) is 18.4 Å². The highest BCUT2D eigenvalue weighted by molar-refractivity contribution is 5.73. The van der Waals surface area contributed by atoms with Gasteiger partial charge in [0, 0.05) is 37.2 Å². The molecule has 28 heavy (non-hydrogen) atoms. The van der Waals surface area contributed by atoms with Crippen molar-refractivity contribution in [1.29, 1.82) is 0 Å². The van der Waals surface area contributed by atoms with Gasteiger partial charge in [0.15, 0.2) is 0 Å². The van der Waals surface area contributed by atoms with E-state index in [0.29, 0.717) is 19.0 Å². The van der Waals surface area contributed by atoms with E-state index in [1.165, 1.54) is 5.56 Å². The number of pyridine rings is 1. The summed E-state index contributed by atoms with van der Waals surface area (Å²) in [5.41, 5.74) is 5.09. The highest BCUT2D eigenvalue weighted by atomic mass is 16.5. The second-order valence-corrected chi connectivity index (χ2v) is 7.22. The first-order valence-corrected chi connectivity index (χ1v) is 9.68. The van der Waals surface area contributed by atoms with E-state index < -0.39 is 0 Å². The van der Waals surface area contributed by atoms with Crippen LogP contribution in [-0.4, -0.2) is 33.9 Å². The third kappa shape index (κ3) is 3.20. The van der Waals surface area contributed by atoms with Gasteiger partial charge in [-0.2, -0.15) is 4.98 Å². The van der Waals surface area contributed by atoms with Crippen molar-refractivity contribution in [3.05, 3.63) is 64.8 Å². The van der Waals surface area contributed by atoms with Crippen LogP contribution >= 0.6 is 0 Å². The van der Waals surface area contributed by atoms with Gasteiger partial charge in [-0.25, -0.2) is 4.79 Å². The number of aromatic nitrogens is 3. The Morgan fingerprint density at radius 1 is 1.21 bits per heavy atom. The number of hydrogen-bond acceptors (Lipinski definition) is 5. The molecule has 0 bridgehead atoms. The molecule has 0 N–H and O–H groups in total. The summed E-state index contributed by atoms with van der Waals surface area (Å²) in [7, 11) is 0. The Bertz CT molecular complexity index is 1060. The van der Waals surface area contributed by atoms with Crippen molar-refractivity contribution < 1.29 is 9.47 Å². The molecule has 0 radical (unpaired) electrons. The summed E-state index contributed by atoms with van der Waals surface area (Å²) < 4.78 is 13.1. The second-order valence-electron chi connectivity index (χ2n) is 7.22. The molecule has 1 saturated heterocycles. The third-order valence-electron chi connectivity index (χ3n) is 5.41. The molecule has 1 fully saturated rings. The van der Waals surface area contributed by atoms with Crippen molar-refractivity contribution in [2.75, 3.05) is 13.2 Å². The lowest BCUT2D eigenvalue weighted by Gasteiger charge is -2.22. The zero-order valence-electron chi connectivity index (χ0n) is 15.5. The Hall–Kier alpha value is -2.99. The maximum absolute atomic E-state index is 12.5. The number of benzene rings is 1. The molecule has 3 aromatic rings. The summed E-state index contributed by atoms with van der Waals surface area (Å²) in [6, 6.07) is 12.2. The van der Waals surface area contributed by atoms with Gasteiger partial charge in [-0.05, 0) is 42.0 Å². The molecule has 4 heterocycles. The van der Waals surface area contributed by atoms with E-state index in [2.05, 4.69) is 34.2 Å². The number of rotatable bonds is 4. The quantitative estimate of drug-likeness (QED) is 0.701. The van der Waals surface area contributed by atoms with Crippen molar-refractivity contribution in [2.45, 2.75) is 31.9 Å². The molecular weight excluding hydrogens is 354 g/mol. The maximum atomic E-state index is 12.5. The van der Waals surface area contributed by atoms with Crippen molar-refractivity contribution in [1.82, 2.24) is 14.5 Å². The van der Waals surface area contributed by atoms with Gasteiger partial charge in [-0.15, -0.1) is 0 Å². The summed E-state index contributed by atoms with van der Waals surface area (Å²) >= 11 is 0. The number of fused-ring (bicyclic) bond motifs is 3. The van der Waals surface area contributed by atoms with Gasteiger partial charge < -0.3 is 9.47 Å². The molecule has 1 aromatic carbocycles. The van der Waals surface area contributed by atoms with Gasteiger partial charge in [0.1, 0.15) is 6.61 Å². The fraction of sp³-hybridized carbons (Fsp3) is 0.318. The fourth-order valence-electron chi connectivity index (χ4n) is 3.95. The Morgan fingerprint density at radius 2 is 2.18 bits per heavy atom. The molecule has 2 aliphatic rings. The molecular formula is C22H21N3O3. The lowest BCUT2D eigenvalue weighted by Crippen LogP contribution is -2.29. The van der Waals surface area contributed by atoms with Crippen LogP contribution in [0.3, 0.4) is 0 Å². The van der Waals surface area contributed by atoms with Crippen LogP contribution in [0.2, 0.25) is 0 Å². The molecule has 1 atom stereocenters. The molecule has 0 saturated carbocycles. The number of nitrogens with zero attached hydrogens (tertiary/aromatic N) is 3. The zero-order chi connectivity index (χ0) is 18.9. The molecule has 142 valence electrons. The number of ether oxygens (including phenoxy) is 2. The van der Waals surface area contributed by atoms with E-state index in [-0.39, 0.29) is 11.8 Å². The topological polar surface area (TPSA) is 66.2 Å². The highest BCUT2D eigenvalue weighted by Gasteiger charge is 2.21. The van der Waals surface area contributed by atoms with Gasteiger partial charge >= 0.3 is 5.69 Å². The molecule has 2 aliphatic heterocycles. The molecule has 0 amide bonds. The minimum Gasteiger partial charge on any atom is -0.475 e. The van der Waals surface area contributed by atoms with Crippen molar-refractivity contribution >= 4 is 0 Å². The number of hydrogen-bond donors (Lipinski definition) is 0. The summed E-state index contributed by atoms with van der Waals surface area (Å²) in [4.78, 5) is 20.8. The minimum atomic E-state index is -0.262. The Kier molecular flexibility index (Phi) is 4.41. The summed E-state index contributed by atoms with van der Waals surface area (Å²) in [5.74, 6) is 0.371. The Morgan fingerprint density at radius 3 is 3.00 bits per heavy atom. The van der Waals surface area contributed by atoms with Crippen LogP contribution in [0.4, 0.5) is 0 Å². The van der Waals surface area contributed by atoms with Gasteiger partial charge in [-0.3, -0.25) is 9.55 Å². The first kappa shape index (κ1) is 17.1. The van der Waals surface area contributed by atoms with E-state index in [4.69, 9.17) is 9.47 Å². The van der Waals surface area contributed by atoms with Gasteiger partial charge in [0.25, 0.3) is 0 Å². The van der Waals surface area contributed by atoms with Crippen LogP contribution < -0.4 is 10.4 Å². The summed E-state index contributed by atoms with van der Waals surface area (Å²) in [5, 5.41) is 0. The van der Waals surface area contributed by atoms with E-state index in [1.807, 2.05) is 18.3 Å². The van der Waals surface area contributed by atoms with Crippen LogP contribution in [0, 0.1) is 0 Å². The van der Waals surface area contributed by atoms with E-state index >= 15 is 0 Å². The summed E-state index contributed by atoms with van der Waals surface area (Å²) in [6.45, 7) is 1.83. The molecule has 5 rings (SSSR count). The molecule has 0 aliphatic carbocycles. The lowest BCUT2D eigenvalue weighted by molar-refractivity contribution is 0.0661. The molecule has 6 heteroatoms. The van der Waals surface area contributed by atoms with Gasteiger partial charge in [0.05, 0.1) is 11.8 Å². The van der Waals surface area contributed by atoms with Crippen molar-refractivity contribution in [2.24, 2.45) is 0 Å². The largest absolute Gasteiger partial charge is 0.475 e. The molecule has 0 spiro atoms. The third-order valence-corrected chi connectivity index (χ3v) is 5.41. The van der Waals surface area contributed by atoms with E-state index in [9.17, 15) is 4.79 Å². The normalized spacial score (nSPS) is 17.8. The predicted molar refractivity (Wildman–Crippen MR) is 105 cm³/mol. The first-order chi connectivity index (χ1) is 13.8. The van der Waals surface area contributed by atoms with Crippen molar-refractivity contribution in [3.63, 3.8) is 0 Å². The molecule has 6 nitrogen and oxygen atoms in total. The van der Waals surface area contributed by atoms with Crippen LogP contribution in [0.25, 0.3) is 22.4 Å². The first-order valence-electron chi connectivity index (χ1n) is 9.68. The van der Waals surface area contributed by atoms with Crippen molar-refractivity contribution in [3.8, 4) is 28.3 Å². The summed E-state index contributed by atoms with van der Waals surface area (Å²) in [6.07, 6.45) is 6.58. The molecule has 2 aromatic heterocycles. The molecule has 1 unspecified atom stereocenters. The van der Waals surface area contributed by atoms with Crippen LogP contribution in [0.5, 0.6) is 5.88 Å². The zero-order valence-corrected chi connectivity index (χ0v) is 15.5. The number of aryl methyl sites for hydroxylation is 1. The highest BCUT2D eigenvalue weighted by Crippen LogP contribution is 2.33. The van der Waals surface area contributed by atoms with Gasteiger partial charge in [-0.1, -0.05) is 24.3 Å². The smallest absolute Gasteiger partial charge is 0.351 e. The van der Waals surface area contributed by atoms with E-state index in [0.717, 1.165) is 48.3 Å². The monoisotopic (exact) mass is 375 g/mol. The van der Waals surface area contributed by atoms with Gasteiger partial charge in [0.2, 0.25) is 5.88 Å². The standard InChI is InChI=1S/C22H21N3O3/c26-22-24-21(28-14-18-4-2-10-27-18)12-20-19-6-5-15(17-3-1-8-23-13-17)11-16(19)7-9-25(20)22/h1,3,5-6,8,11-13,18H,2,4,7,9-10,14H2. The minimum absolute atomic E-state index is 0.0925. The van der Waals surface area contributed by atoms with Crippen LogP contribution in [0.15, 0.2) is 53.6 Å².